The van der Waals surface area contributed by atoms with E-state index in [0.29, 0.717) is 22.3 Å². The summed E-state index contributed by atoms with van der Waals surface area (Å²) in [4.78, 5) is 31.7. The second-order valence-electron chi connectivity index (χ2n) is 12.1. The molecule has 2 heterocycles. The van der Waals surface area contributed by atoms with E-state index >= 15 is 0 Å². The lowest BCUT2D eigenvalue weighted by Crippen LogP contribution is -2.16. The van der Waals surface area contributed by atoms with Gasteiger partial charge >= 0.3 is 0 Å². The number of hydrogen-bond donors (Lipinski definition) is 0. The van der Waals surface area contributed by atoms with Crippen molar-refractivity contribution in [3.05, 3.63) is 192 Å². The molecule has 0 spiro atoms. The van der Waals surface area contributed by atoms with Crippen LogP contribution in [0.4, 0.5) is 34.1 Å². The number of fused-ring (bicyclic) bond motifs is 4. The smallest absolute Gasteiger partial charge is 0.193 e. The van der Waals surface area contributed by atoms with E-state index in [1.807, 2.05) is 146 Å². The quantitative estimate of drug-likeness (QED) is 0.167. The van der Waals surface area contributed by atoms with Gasteiger partial charge in [0.1, 0.15) is 0 Å². The van der Waals surface area contributed by atoms with Crippen LogP contribution in [0.5, 0.6) is 23.0 Å². The maximum atomic E-state index is 13.7. The van der Waals surface area contributed by atoms with Gasteiger partial charge in [-0.1, -0.05) is 66.7 Å². The van der Waals surface area contributed by atoms with E-state index in [4.69, 9.17) is 9.47 Å². The third-order valence-corrected chi connectivity index (χ3v) is 9.03. The van der Waals surface area contributed by atoms with Crippen molar-refractivity contribution in [3.8, 4) is 23.0 Å². The first kappa shape index (κ1) is 29.2. The van der Waals surface area contributed by atoms with Crippen molar-refractivity contribution in [2.75, 3.05) is 9.80 Å². The molecule has 0 saturated carbocycles. The van der Waals surface area contributed by atoms with Crippen molar-refractivity contribution in [3.63, 3.8) is 0 Å². The summed E-state index contributed by atoms with van der Waals surface area (Å²) in [5.41, 5.74) is 7.45. The highest BCUT2D eigenvalue weighted by Crippen LogP contribution is 2.51. The SMILES string of the molecule is O=C(c1ccc(N2c3ccccc3Oc3ccccc32)cc1)c1cccc(C(=O)c2ccc(N3c4ccccc4Oc4ccccc43)cc2)c1. The van der Waals surface area contributed by atoms with Crippen LogP contribution in [0.1, 0.15) is 31.8 Å². The van der Waals surface area contributed by atoms with Gasteiger partial charge in [0.15, 0.2) is 34.6 Å². The average Bonchev–Trinajstić information content (AvgIpc) is 3.18. The summed E-state index contributed by atoms with van der Waals surface area (Å²) in [5, 5.41) is 0. The summed E-state index contributed by atoms with van der Waals surface area (Å²) in [5.74, 6) is 2.74. The van der Waals surface area contributed by atoms with Gasteiger partial charge in [-0.25, -0.2) is 0 Å². The molecule has 0 amide bonds. The number of nitrogens with zero attached hydrogens (tertiary/aromatic N) is 2. The maximum absolute atomic E-state index is 13.7. The van der Waals surface area contributed by atoms with Crippen LogP contribution in [0.2, 0.25) is 0 Å². The van der Waals surface area contributed by atoms with Crippen LogP contribution >= 0.6 is 0 Å². The molecule has 0 bridgehead atoms. The van der Waals surface area contributed by atoms with Gasteiger partial charge in [-0.15, -0.1) is 0 Å². The summed E-state index contributed by atoms with van der Waals surface area (Å²) in [6.07, 6.45) is 0. The molecule has 0 unspecified atom stereocenters. The first-order valence-electron chi connectivity index (χ1n) is 16.3. The lowest BCUT2D eigenvalue weighted by Gasteiger charge is -2.32. The number of anilines is 6. The molecule has 7 aromatic carbocycles. The van der Waals surface area contributed by atoms with Crippen molar-refractivity contribution in [2.24, 2.45) is 0 Å². The van der Waals surface area contributed by atoms with E-state index < -0.39 is 0 Å². The Morgan fingerprint density at radius 2 is 0.660 bits per heavy atom. The number of ketones is 2. The monoisotopic (exact) mass is 648 g/mol. The minimum Gasteiger partial charge on any atom is -0.453 e. The molecule has 0 saturated heterocycles. The van der Waals surface area contributed by atoms with Crippen LogP contribution in [-0.4, -0.2) is 11.6 Å². The molecule has 0 N–H and O–H groups in total. The molecule has 6 nitrogen and oxygen atoms in total. The van der Waals surface area contributed by atoms with Gasteiger partial charge < -0.3 is 19.3 Å². The van der Waals surface area contributed by atoms with Gasteiger partial charge in [0.25, 0.3) is 0 Å². The predicted molar refractivity (Wildman–Crippen MR) is 196 cm³/mol. The van der Waals surface area contributed by atoms with E-state index in [0.717, 1.165) is 57.1 Å². The van der Waals surface area contributed by atoms with Gasteiger partial charge in [-0.3, -0.25) is 9.59 Å². The number of carbonyl (C=O) groups excluding carboxylic acids is 2. The number of rotatable bonds is 6. The Labute approximate surface area is 289 Å². The van der Waals surface area contributed by atoms with Crippen LogP contribution in [0.3, 0.4) is 0 Å². The molecule has 9 rings (SSSR count). The van der Waals surface area contributed by atoms with Crippen LogP contribution in [-0.2, 0) is 0 Å². The summed E-state index contributed by atoms with van der Waals surface area (Å²) < 4.78 is 12.3. The fraction of sp³-hybridized carbons (Fsp3) is 0. The van der Waals surface area contributed by atoms with E-state index in [2.05, 4.69) is 9.80 Å². The molecule has 2 aliphatic rings. The number of ether oxygens (including phenoxy) is 2. The molecule has 238 valence electrons. The van der Waals surface area contributed by atoms with Crippen molar-refractivity contribution in [1.82, 2.24) is 0 Å². The highest BCUT2D eigenvalue weighted by molar-refractivity contribution is 6.13. The maximum Gasteiger partial charge on any atom is 0.193 e. The van der Waals surface area contributed by atoms with Crippen molar-refractivity contribution in [1.29, 1.82) is 0 Å². The zero-order valence-corrected chi connectivity index (χ0v) is 26.7. The molecule has 0 aliphatic carbocycles. The zero-order valence-electron chi connectivity index (χ0n) is 26.7. The number of para-hydroxylation sites is 8. The van der Waals surface area contributed by atoms with Crippen LogP contribution < -0.4 is 19.3 Å². The van der Waals surface area contributed by atoms with Gasteiger partial charge in [-0.05, 0) is 103 Å². The lowest BCUT2D eigenvalue weighted by molar-refractivity contribution is 0.103. The summed E-state index contributed by atoms with van der Waals surface area (Å²) in [7, 11) is 0. The molecular weight excluding hydrogens is 620 g/mol. The zero-order chi connectivity index (χ0) is 33.6. The Morgan fingerprint density at radius 3 is 1.00 bits per heavy atom. The van der Waals surface area contributed by atoms with E-state index in [9.17, 15) is 9.59 Å². The van der Waals surface area contributed by atoms with Gasteiger partial charge in [0.2, 0.25) is 0 Å². The van der Waals surface area contributed by atoms with Gasteiger partial charge in [-0.2, -0.15) is 0 Å². The minimum absolute atomic E-state index is 0.158. The van der Waals surface area contributed by atoms with Crippen LogP contribution in [0, 0.1) is 0 Å². The number of hydrogen-bond acceptors (Lipinski definition) is 6. The highest BCUT2D eigenvalue weighted by Gasteiger charge is 2.27. The largest absolute Gasteiger partial charge is 0.453 e. The Kier molecular flexibility index (Phi) is 6.99. The molecule has 7 aromatic rings. The lowest BCUT2D eigenvalue weighted by atomic mass is 9.97. The second kappa shape index (κ2) is 12.0. The van der Waals surface area contributed by atoms with Crippen LogP contribution in [0.25, 0.3) is 0 Å². The molecule has 0 atom stereocenters. The normalized spacial score (nSPS) is 12.4. The van der Waals surface area contributed by atoms with Crippen molar-refractivity contribution < 1.29 is 19.1 Å². The number of benzene rings is 7. The third-order valence-electron chi connectivity index (χ3n) is 9.03. The Balaban J connectivity index is 0.969. The molecule has 0 fully saturated rings. The predicted octanol–water partition coefficient (Wildman–Crippen LogP) is 11.3. The molecule has 6 heteroatoms. The van der Waals surface area contributed by atoms with Gasteiger partial charge in [0, 0.05) is 33.6 Å². The Bertz CT molecular complexity index is 2180. The highest BCUT2D eigenvalue weighted by atomic mass is 16.5. The third kappa shape index (κ3) is 4.98. The molecule has 0 aromatic heterocycles. The Hall–Kier alpha value is -6.92. The fourth-order valence-electron chi connectivity index (χ4n) is 6.62. The molecule has 0 radical (unpaired) electrons. The first-order chi connectivity index (χ1) is 24.6. The second-order valence-corrected chi connectivity index (χ2v) is 12.1. The molecule has 50 heavy (non-hydrogen) atoms. The molecular formula is C44H28N2O4. The average molecular weight is 649 g/mol. The first-order valence-corrected chi connectivity index (χ1v) is 16.3. The van der Waals surface area contributed by atoms with E-state index in [1.54, 1.807) is 24.3 Å². The van der Waals surface area contributed by atoms with E-state index in [1.165, 1.54) is 0 Å². The minimum atomic E-state index is -0.158. The molecule has 2 aliphatic heterocycles. The van der Waals surface area contributed by atoms with Crippen LogP contribution in [0.15, 0.2) is 170 Å². The topological polar surface area (TPSA) is 59.1 Å². The summed E-state index contributed by atoms with van der Waals surface area (Å²) in [6.45, 7) is 0. The fourth-order valence-corrected chi connectivity index (χ4v) is 6.62. The van der Waals surface area contributed by atoms with Crippen molar-refractivity contribution in [2.45, 2.75) is 0 Å². The summed E-state index contributed by atoms with van der Waals surface area (Å²) >= 11 is 0. The van der Waals surface area contributed by atoms with Gasteiger partial charge in [0.05, 0.1) is 22.7 Å². The summed E-state index contributed by atoms with van der Waals surface area (Å²) in [6, 6.07) is 53.5. The number of carbonyl (C=O) groups is 2. The Morgan fingerprint density at radius 1 is 0.340 bits per heavy atom. The standard InChI is InChI=1S/C44H28N2O4/c47-43(29-20-24-33(25-21-29)45-35-12-1-5-16-39(35)49-40-17-6-2-13-36(40)45)31-10-9-11-32(28-31)44(48)30-22-26-34(27-23-30)46-37-14-3-7-18-41(37)50-42-19-8-4-15-38(42)46/h1-28H. The van der Waals surface area contributed by atoms with Crippen molar-refractivity contribution >= 4 is 45.7 Å². The van der Waals surface area contributed by atoms with E-state index in [-0.39, 0.29) is 11.6 Å².